The molecule has 0 aliphatic heterocycles. The Labute approximate surface area is 101 Å². The molecule has 2 rings (SSSR count). The predicted octanol–water partition coefficient (Wildman–Crippen LogP) is 3.44. The van der Waals surface area contributed by atoms with Crippen LogP contribution in [-0.4, -0.2) is 10.1 Å². The Morgan fingerprint density at radius 2 is 2.27 bits per heavy atom. The average Bonchev–Trinajstić information content (AvgIpc) is 2.69. The van der Waals surface area contributed by atoms with Crippen molar-refractivity contribution >= 4 is 34.7 Å². The van der Waals surface area contributed by atoms with Crippen molar-refractivity contribution in [3.63, 3.8) is 0 Å². The van der Waals surface area contributed by atoms with Crippen molar-refractivity contribution in [3.8, 4) is 0 Å². The average molecular weight is 258 g/mol. The minimum Gasteiger partial charge on any atom is -0.391 e. The second-order valence-electron chi connectivity index (χ2n) is 2.77. The fraction of sp³-hybridized carbons (Fsp3) is 0.100. The number of aliphatic hydroxyl groups is 1. The minimum atomic E-state index is 0.0845. The van der Waals surface area contributed by atoms with Crippen LogP contribution in [0.2, 0.25) is 5.02 Å². The molecule has 78 valence electrons. The summed E-state index contributed by atoms with van der Waals surface area (Å²) in [6, 6.07) is 7.49. The van der Waals surface area contributed by atoms with Crippen molar-refractivity contribution in [2.24, 2.45) is 0 Å². The molecule has 2 heterocycles. The topological polar surface area (TPSA) is 33.1 Å². The lowest BCUT2D eigenvalue weighted by Gasteiger charge is -1.98. The van der Waals surface area contributed by atoms with Gasteiger partial charge in [-0.15, -0.1) is 11.3 Å². The second-order valence-corrected chi connectivity index (χ2v) is 5.64. The molecule has 1 N–H and O–H groups in total. The molecule has 0 saturated carbocycles. The highest BCUT2D eigenvalue weighted by Crippen LogP contribution is 2.35. The van der Waals surface area contributed by atoms with E-state index in [9.17, 15) is 0 Å². The Morgan fingerprint density at radius 3 is 2.93 bits per heavy atom. The number of rotatable bonds is 3. The number of aromatic nitrogens is 1. The molecule has 0 aliphatic carbocycles. The second kappa shape index (κ2) is 4.99. The van der Waals surface area contributed by atoms with E-state index in [1.807, 2.05) is 18.2 Å². The summed E-state index contributed by atoms with van der Waals surface area (Å²) in [6.07, 6.45) is 1.72. The predicted molar refractivity (Wildman–Crippen MR) is 63.6 cm³/mol. The number of hydrogen-bond acceptors (Lipinski definition) is 4. The highest BCUT2D eigenvalue weighted by atomic mass is 35.5. The maximum atomic E-state index is 8.93. The van der Waals surface area contributed by atoms with Gasteiger partial charge in [-0.3, -0.25) is 0 Å². The first-order valence-electron chi connectivity index (χ1n) is 4.27. The Morgan fingerprint density at radius 1 is 1.40 bits per heavy atom. The maximum absolute atomic E-state index is 8.93. The summed E-state index contributed by atoms with van der Waals surface area (Å²) < 4.78 is 1.08. The number of hydrogen-bond donors (Lipinski definition) is 1. The maximum Gasteiger partial charge on any atom is 0.120 e. The molecule has 0 aliphatic rings. The fourth-order valence-electron chi connectivity index (χ4n) is 1.04. The van der Waals surface area contributed by atoms with E-state index in [4.69, 9.17) is 16.7 Å². The monoisotopic (exact) mass is 257 g/mol. The lowest BCUT2D eigenvalue weighted by Crippen LogP contribution is -1.77. The summed E-state index contributed by atoms with van der Waals surface area (Å²) in [5.41, 5.74) is 0. The van der Waals surface area contributed by atoms with E-state index >= 15 is 0 Å². The summed E-state index contributed by atoms with van der Waals surface area (Å²) in [5, 5.41) is 10.4. The lowest BCUT2D eigenvalue weighted by atomic mass is 10.5. The fourth-order valence-corrected chi connectivity index (χ4v) is 3.20. The molecule has 0 fully saturated rings. The number of thiophene rings is 1. The van der Waals surface area contributed by atoms with Crippen LogP contribution in [0.5, 0.6) is 0 Å². The summed E-state index contributed by atoms with van der Waals surface area (Å²) in [4.78, 5) is 5.13. The largest absolute Gasteiger partial charge is 0.391 e. The van der Waals surface area contributed by atoms with Gasteiger partial charge in [-0.2, -0.15) is 0 Å². The van der Waals surface area contributed by atoms with Crippen LogP contribution in [0, 0.1) is 0 Å². The van der Waals surface area contributed by atoms with E-state index in [1.165, 1.54) is 11.8 Å². The van der Waals surface area contributed by atoms with Gasteiger partial charge in [0.15, 0.2) is 0 Å². The molecule has 5 heteroatoms. The molecule has 0 atom stereocenters. The van der Waals surface area contributed by atoms with E-state index < -0.39 is 0 Å². The van der Waals surface area contributed by atoms with Crippen LogP contribution in [-0.2, 0) is 6.61 Å². The van der Waals surface area contributed by atoms with Crippen LogP contribution in [0.3, 0.4) is 0 Å². The molecule has 0 radical (unpaired) electrons. The first-order valence-corrected chi connectivity index (χ1v) is 6.28. The van der Waals surface area contributed by atoms with Gasteiger partial charge in [0.1, 0.15) is 5.03 Å². The zero-order valence-corrected chi connectivity index (χ0v) is 10.1. The molecule has 2 aromatic heterocycles. The molecule has 0 spiro atoms. The van der Waals surface area contributed by atoms with Gasteiger partial charge in [-0.25, -0.2) is 4.98 Å². The highest BCUT2D eigenvalue weighted by molar-refractivity contribution is 8.01. The van der Waals surface area contributed by atoms with E-state index in [2.05, 4.69) is 4.98 Å². The van der Waals surface area contributed by atoms with Crippen molar-refractivity contribution in [3.05, 3.63) is 40.4 Å². The Bertz CT molecular complexity index is 458. The van der Waals surface area contributed by atoms with Crippen molar-refractivity contribution in [1.29, 1.82) is 0 Å². The van der Waals surface area contributed by atoms with Gasteiger partial charge in [0.25, 0.3) is 0 Å². The SMILES string of the molecule is OCc1ccc(Sc2ncccc2Cl)s1. The van der Waals surface area contributed by atoms with Crippen LogP contribution < -0.4 is 0 Å². The highest BCUT2D eigenvalue weighted by Gasteiger charge is 2.05. The summed E-state index contributed by atoms with van der Waals surface area (Å²) >= 11 is 9.05. The van der Waals surface area contributed by atoms with Gasteiger partial charge >= 0.3 is 0 Å². The van der Waals surface area contributed by atoms with Crippen LogP contribution in [0.25, 0.3) is 0 Å². The van der Waals surface area contributed by atoms with E-state index in [0.717, 1.165) is 14.1 Å². The molecule has 0 amide bonds. The third-order valence-corrected chi connectivity index (χ3v) is 4.35. The molecule has 15 heavy (non-hydrogen) atoms. The molecular weight excluding hydrogens is 250 g/mol. The molecule has 0 bridgehead atoms. The molecule has 2 aromatic rings. The van der Waals surface area contributed by atoms with Crippen molar-refractivity contribution in [2.45, 2.75) is 15.8 Å². The molecule has 0 aromatic carbocycles. The zero-order valence-electron chi connectivity index (χ0n) is 7.68. The molecule has 0 unspecified atom stereocenters. The van der Waals surface area contributed by atoms with Crippen LogP contribution >= 0.6 is 34.7 Å². The lowest BCUT2D eigenvalue weighted by molar-refractivity contribution is 0.285. The van der Waals surface area contributed by atoms with E-state index in [1.54, 1.807) is 23.6 Å². The Balaban J connectivity index is 2.18. The number of pyridine rings is 1. The van der Waals surface area contributed by atoms with E-state index in [-0.39, 0.29) is 6.61 Å². The van der Waals surface area contributed by atoms with Crippen LogP contribution in [0.15, 0.2) is 39.7 Å². The van der Waals surface area contributed by atoms with Gasteiger partial charge < -0.3 is 5.11 Å². The van der Waals surface area contributed by atoms with Gasteiger partial charge in [0.05, 0.1) is 15.8 Å². The van der Waals surface area contributed by atoms with Crippen molar-refractivity contribution in [1.82, 2.24) is 4.98 Å². The third kappa shape index (κ3) is 2.72. The number of nitrogens with zero attached hydrogens (tertiary/aromatic N) is 1. The summed E-state index contributed by atoms with van der Waals surface area (Å²) in [7, 11) is 0. The van der Waals surface area contributed by atoms with Gasteiger partial charge in [0, 0.05) is 11.1 Å². The summed E-state index contributed by atoms with van der Waals surface area (Å²) in [5.74, 6) is 0. The number of halogens is 1. The van der Waals surface area contributed by atoms with Crippen LogP contribution in [0.4, 0.5) is 0 Å². The van der Waals surface area contributed by atoms with Crippen LogP contribution in [0.1, 0.15) is 4.88 Å². The number of aliphatic hydroxyl groups excluding tert-OH is 1. The quantitative estimate of drug-likeness (QED) is 0.914. The van der Waals surface area contributed by atoms with Gasteiger partial charge in [-0.05, 0) is 24.3 Å². The smallest absolute Gasteiger partial charge is 0.120 e. The Kier molecular flexibility index (Phi) is 3.64. The first-order chi connectivity index (χ1) is 7.29. The standard InChI is InChI=1S/C10H8ClNOS2/c11-8-2-1-5-12-10(8)15-9-4-3-7(6-13)14-9/h1-5,13H,6H2. The molecule has 0 saturated heterocycles. The molecular formula is C10H8ClNOS2. The van der Waals surface area contributed by atoms with Crippen molar-refractivity contribution < 1.29 is 5.11 Å². The minimum absolute atomic E-state index is 0.0845. The zero-order chi connectivity index (χ0) is 10.7. The van der Waals surface area contributed by atoms with Gasteiger partial charge in [-0.1, -0.05) is 23.4 Å². The molecule has 2 nitrogen and oxygen atoms in total. The Hall–Kier alpha value is -0.550. The normalized spacial score (nSPS) is 10.5. The summed E-state index contributed by atoms with van der Waals surface area (Å²) in [6.45, 7) is 0.0845. The van der Waals surface area contributed by atoms with Crippen molar-refractivity contribution in [2.75, 3.05) is 0 Å². The van der Waals surface area contributed by atoms with Gasteiger partial charge in [0.2, 0.25) is 0 Å². The first kappa shape index (κ1) is 11.0. The van der Waals surface area contributed by atoms with E-state index in [0.29, 0.717) is 5.02 Å². The third-order valence-electron chi connectivity index (χ3n) is 1.71.